The highest BCUT2D eigenvalue weighted by molar-refractivity contribution is 5.00. The van der Waals surface area contributed by atoms with E-state index in [2.05, 4.69) is 31.0 Å². The van der Waals surface area contributed by atoms with Gasteiger partial charge in [-0.05, 0) is 32.1 Å². The van der Waals surface area contributed by atoms with Gasteiger partial charge in [0, 0.05) is 30.7 Å². The summed E-state index contributed by atoms with van der Waals surface area (Å²) >= 11 is 0. The lowest BCUT2D eigenvalue weighted by molar-refractivity contribution is -0.0172. The molecule has 18 heavy (non-hydrogen) atoms. The zero-order valence-corrected chi connectivity index (χ0v) is 12.7. The van der Waals surface area contributed by atoms with Gasteiger partial charge in [0.1, 0.15) is 0 Å². The molecule has 2 nitrogen and oxygen atoms in total. The standard InChI is InChI=1S/C16H32N2/c1-4-14-12-18(15-10-8-7-9-11-15)16(5-2,6-3)13-17-14/h14-15,17H,4-13H2,1-3H3. The van der Waals surface area contributed by atoms with Crippen molar-refractivity contribution in [3.63, 3.8) is 0 Å². The first kappa shape index (κ1) is 14.3. The number of nitrogens with one attached hydrogen (secondary N) is 1. The molecule has 0 aromatic heterocycles. The Morgan fingerprint density at radius 2 is 1.72 bits per heavy atom. The fourth-order valence-electron chi connectivity index (χ4n) is 4.04. The first-order chi connectivity index (χ1) is 8.75. The van der Waals surface area contributed by atoms with Gasteiger partial charge >= 0.3 is 0 Å². The molecule has 1 heterocycles. The topological polar surface area (TPSA) is 15.3 Å². The molecule has 1 aliphatic carbocycles. The Morgan fingerprint density at radius 3 is 2.28 bits per heavy atom. The van der Waals surface area contributed by atoms with E-state index in [9.17, 15) is 0 Å². The third-order valence-electron chi connectivity index (χ3n) is 5.57. The van der Waals surface area contributed by atoms with E-state index >= 15 is 0 Å². The molecule has 2 heteroatoms. The van der Waals surface area contributed by atoms with Crippen molar-refractivity contribution in [1.82, 2.24) is 10.2 Å². The van der Waals surface area contributed by atoms with Gasteiger partial charge < -0.3 is 5.32 Å². The van der Waals surface area contributed by atoms with Crippen LogP contribution in [0, 0.1) is 0 Å². The molecule has 2 fully saturated rings. The molecule has 0 amide bonds. The summed E-state index contributed by atoms with van der Waals surface area (Å²) in [6, 6.07) is 1.59. The molecule has 0 bridgehead atoms. The summed E-state index contributed by atoms with van der Waals surface area (Å²) in [6.07, 6.45) is 11.1. The van der Waals surface area contributed by atoms with E-state index in [-0.39, 0.29) is 0 Å². The van der Waals surface area contributed by atoms with Gasteiger partial charge in [-0.25, -0.2) is 0 Å². The molecule has 0 aromatic rings. The Morgan fingerprint density at radius 1 is 1.06 bits per heavy atom. The van der Waals surface area contributed by atoms with Crippen LogP contribution in [0.15, 0.2) is 0 Å². The molecular formula is C16H32N2. The van der Waals surface area contributed by atoms with Gasteiger partial charge in [-0.2, -0.15) is 0 Å². The monoisotopic (exact) mass is 252 g/mol. The lowest BCUT2D eigenvalue weighted by Crippen LogP contribution is -2.66. The molecule has 1 atom stereocenters. The molecule has 1 saturated carbocycles. The van der Waals surface area contributed by atoms with E-state index in [0.29, 0.717) is 5.54 Å². The van der Waals surface area contributed by atoms with Crippen LogP contribution in [-0.2, 0) is 0 Å². The van der Waals surface area contributed by atoms with Gasteiger partial charge in [0.25, 0.3) is 0 Å². The maximum atomic E-state index is 3.79. The van der Waals surface area contributed by atoms with Crippen LogP contribution >= 0.6 is 0 Å². The van der Waals surface area contributed by atoms with Gasteiger partial charge in [0.2, 0.25) is 0 Å². The van der Waals surface area contributed by atoms with Crippen molar-refractivity contribution >= 4 is 0 Å². The Bertz CT molecular complexity index is 241. The molecular weight excluding hydrogens is 220 g/mol. The van der Waals surface area contributed by atoms with Crippen molar-refractivity contribution in [3.05, 3.63) is 0 Å². The van der Waals surface area contributed by atoms with Crippen LogP contribution in [0.2, 0.25) is 0 Å². The average molecular weight is 252 g/mol. The van der Waals surface area contributed by atoms with Crippen LogP contribution in [0.1, 0.15) is 72.1 Å². The number of hydrogen-bond donors (Lipinski definition) is 1. The highest BCUT2D eigenvalue weighted by atomic mass is 15.3. The molecule has 0 spiro atoms. The normalized spacial score (nSPS) is 30.5. The van der Waals surface area contributed by atoms with Crippen LogP contribution in [0.3, 0.4) is 0 Å². The minimum absolute atomic E-state index is 0.438. The van der Waals surface area contributed by atoms with Crippen molar-refractivity contribution in [3.8, 4) is 0 Å². The highest BCUT2D eigenvalue weighted by Crippen LogP contribution is 2.34. The Balaban J connectivity index is 2.12. The van der Waals surface area contributed by atoms with E-state index in [1.807, 2.05) is 0 Å². The maximum Gasteiger partial charge on any atom is 0.0332 e. The molecule has 1 unspecified atom stereocenters. The van der Waals surface area contributed by atoms with Crippen LogP contribution < -0.4 is 5.32 Å². The van der Waals surface area contributed by atoms with Crippen molar-refractivity contribution in [2.24, 2.45) is 0 Å². The molecule has 2 rings (SSSR count). The Kier molecular flexibility index (Phi) is 5.08. The maximum absolute atomic E-state index is 3.79. The lowest BCUT2D eigenvalue weighted by atomic mass is 9.82. The second-order valence-corrected chi connectivity index (χ2v) is 6.36. The van der Waals surface area contributed by atoms with Crippen molar-refractivity contribution in [1.29, 1.82) is 0 Å². The van der Waals surface area contributed by atoms with E-state index in [1.165, 1.54) is 64.5 Å². The summed E-state index contributed by atoms with van der Waals surface area (Å²) < 4.78 is 0. The summed E-state index contributed by atoms with van der Waals surface area (Å²) in [5, 5.41) is 3.79. The number of rotatable bonds is 4. The van der Waals surface area contributed by atoms with E-state index in [4.69, 9.17) is 0 Å². The van der Waals surface area contributed by atoms with Gasteiger partial charge in [-0.3, -0.25) is 4.90 Å². The average Bonchev–Trinajstić information content (AvgIpc) is 2.47. The lowest BCUT2D eigenvalue weighted by Gasteiger charge is -2.53. The van der Waals surface area contributed by atoms with Gasteiger partial charge in [0.05, 0.1) is 0 Å². The minimum Gasteiger partial charge on any atom is -0.311 e. The largest absolute Gasteiger partial charge is 0.311 e. The van der Waals surface area contributed by atoms with Crippen LogP contribution in [-0.4, -0.2) is 35.6 Å². The molecule has 106 valence electrons. The highest BCUT2D eigenvalue weighted by Gasteiger charge is 2.41. The zero-order valence-electron chi connectivity index (χ0n) is 12.7. The summed E-state index contributed by atoms with van der Waals surface area (Å²) in [7, 11) is 0. The summed E-state index contributed by atoms with van der Waals surface area (Å²) in [4.78, 5) is 2.91. The quantitative estimate of drug-likeness (QED) is 0.823. The van der Waals surface area contributed by atoms with Gasteiger partial charge in [-0.15, -0.1) is 0 Å². The second kappa shape index (κ2) is 6.38. The fraction of sp³-hybridized carbons (Fsp3) is 1.00. The third kappa shape index (κ3) is 2.75. The number of piperazine rings is 1. The summed E-state index contributed by atoms with van der Waals surface area (Å²) in [6.45, 7) is 9.57. The van der Waals surface area contributed by atoms with E-state index in [1.54, 1.807) is 0 Å². The molecule has 2 aliphatic rings. The Hall–Kier alpha value is -0.0800. The van der Waals surface area contributed by atoms with E-state index in [0.717, 1.165) is 12.1 Å². The van der Waals surface area contributed by atoms with Crippen LogP contribution in [0.5, 0.6) is 0 Å². The predicted octanol–water partition coefficient (Wildman–Crippen LogP) is 3.56. The first-order valence-electron chi connectivity index (χ1n) is 8.26. The third-order valence-corrected chi connectivity index (χ3v) is 5.57. The molecule has 1 aliphatic heterocycles. The van der Waals surface area contributed by atoms with Crippen molar-refractivity contribution in [2.45, 2.75) is 89.8 Å². The molecule has 1 N–H and O–H groups in total. The van der Waals surface area contributed by atoms with Crippen molar-refractivity contribution < 1.29 is 0 Å². The molecule has 0 aromatic carbocycles. The summed E-state index contributed by atoms with van der Waals surface area (Å²) in [5.41, 5.74) is 0.438. The zero-order chi connectivity index (χ0) is 13.0. The smallest absolute Gasteiger partial charge is 0.0332 e. The van der Waals surface area contributed by atoms with E-state index < -0.39 is 0 Å². The van der Waals surface area contributed by atoms with Crippen LogP contribution in [0.4, 0.5) is 0 Å². The van der Waals surface area contributed by atoms with Crippen molar-refractivity contribution in [2.75, 3.05) is 13.1 Å². The first-order valence-corrected chi connectivity index (χ1v) is 8.26. The predicted molar refractivity (Wildman–Crippen MR) is 79.0 cm³/mol. The van der Waals surface area contributed by atoms with Gasteiger partial charge in [-0.1, -0.05) is 40.0 Å². The molecule has 1 saturated heterocycles. The Labute approximate surface area is 114 Å². The fourth-order valence-corrected chi connectivity index (χ4v) is 4.04. The number of nitrogens with zero attached hydrogens (tertiary/aromatic N) is 1. The second-order valence-electron chi connectivity index (χ2n) is 6.36. The SMILES string of the molecule is CCC1CN(C2CCCCC2)C(CC)(CC)CN1. The minimum atomic E-state index is 0.438. The van der Waals surface area contributed by atoms with Crippen LogP contribution in [0.25, 0.3) is 0 Å². The number of hydrogen-bond acceptors (Lipinski definition) is 2. The summed E-state index contributed by atoms with van der Waals surface area (Å²) in [5.74, 6) is 0. The molecule has 0 radical (unpaired) electrons. The van der Waals surface area contributed by atoms with Gasteiger partial charge in [0.15, 0.2) is 0 Å².